The van der Waals surface area contributed by atoms with E-state index in [1.165, 1.54) is 0 Å². The average Bonchev–Trinajstić information content (AvgIpc) is 2.87. The Balaban J connectivity index is 1.47. The quantitative estimate of drug-likeness (QED) is 0.633. The predicted octanol–water partition coefficient (Wildman–Crippen LogP) is 4.50. The molecule has 3 unspecified atom stereocenters. The Morgan fingerprint density at radius 3 is 2.49 bits per heavy atom. The highest BCUT2D eigenvalue weighted by Gasteiger charge is 2.41. The summed E-state index contributed by atoms with van der Waals surface area (Å²) in [5.41, 5.74) is 5.48. The van der Waals surface area contributed by atoms with Crippen molar-refractivity contribution in [2.24, 2.45) is 16.8 Å². The van der Waals surface area contributed by atoms with Gasteiger partial charge >= 0.3 is 0 Å². The van der Waals surface area contributed by atoms with E-state index in [1.807, 2.05) is 18.2 Å². The van der Waals surface area contributed by atoms with Crippen LogP contribution in [0.2, 0.25) is 0 Å². The van der Waals surface area contributed by atoms with Gasteiger partial charge in [0.05, 0.1) is 21.3 Å². The third-order valence-corrected chi connectivity index (χ3v) is 8.25. The van der Waals surface area contributed by atoms with E-state index < -0.39 is 0 Å². The van der Waals surface area contributed by atoms with Crippen LogP contribution in [0.15, 0.2) is 23.2 Å². The number of benzene rings is 2. The molecule has 35 heavy (non-hydrogen) atoms. The molecule has 7 nitrogen and oxygen atoms in total. The van der Waals surface area contributed by atoms with E-state index in [2.05, 4.69) is 11.8 Å². The fourth-order valence-corrected chi connectivity index (χ4v) is 6.42. The van der Waals surface area contributed by atoms with Crippen LogP contribution in [0.3, 0.4) is 0 Å². The standard InChI is InChI=1S/C28H36N2O5/c1-5-16-15-30-9-7-18-13-25(34-3)28(35-4)27(32)26(18)22(30)11-19(16)10-21-20-14-24(33-2)23(31)12-17(20)6-8-29-21/h12-14,16,19,22,31-32H,5-11,15H2,1-4H3. The van der Waals surface area contributed by atoms with E-state index in [9.17, 15) is 10.2 Å². The first-order chi connectivity index (χ1) is 17.0. The second kappa shape index (κ2) is 9.61. The molecule has 0 bridgehead atoms. The second-order valence-corrected chi connectivity index (χ2v) is 9.92. The fourth-order valence-electron chi connectivity index (χ4n) is 6.42. The largest absolute Gasteiger partial charge is 0.504 e. The lowest BCUT2D eigenvalue weighted by Crippen LogP contribution is -2.46. The highest BCUT2D eigenvalue weighted by molar-refractivity contribution is 6.03. The van der Waals surface area contributed by atoms with Crippen molar-refractivity contribution in [1.82, 2.24) is 4.90 Å². The first kappa shape index (κ1) is 23.8. The van der Waals surface area contributed by atoms with Crippen molar-refractivity contribution in [3.05, 3.63) is 40.5 Å². The van der Waals surface area contributed by atoms with Crippen LogP contribution < -0.4 is 14.2 Å². The Morgan fingerprint density at radius 2 is 1.77 bits per heavy atom. The summed E-state index contributed by atoms with van der Waals surface area (Å²) in [4.78, 5) is 7.47. The fraction of sp³-hybridized carbons (Fsp3) is 0.536. The SMILES string of the molecule is CCC1CN2CCc3cc(OC)c(OC)c(O)c3C2CC1CC1=NCCc2cc(O)c(OC)cc21. The molecule has 0 amide bonds. The van der Waals surface area contributed by atoms with E-state index in [0.29, 0.717) is 29.1 Å². The predicted molar refractivity (Wildman–Crippen MR) is 136 cm³/mol. The Kier molecular flexibility index (Phi) is 6.53. The molecule has 0 aliphatic carbocycles. The van der Waals surface area contributed by atoms with Gasteiger partial charge in [0.1, 0.15) is 0 Å². The summed E-state index contributed by atoms with van der Waals surface area (Å²) in [7, 11) is 4.77. The number of nitrogens with zero attached hydrogens (tertiary/aromatic N) is 2. The summed E-state index contributed by atoms with van der Waals surface area (Å²) in [6.07, 6.45) is 4.67. The van der Waals surface area contributed by atoms with E-state index in [-0.39, 0.29) is 17.5 Å². The van der Waals surface area contributed by atoms with E-state index in [4.69, 9.17) is 19.2 Å². The Labute approximate surface area is 207 Å². The summed E-state index contributed by atoms with van der Waals surface area (Å²) >= 11 is 0. The van der Waals surface area contributed by atoms with Crippen molar-refractivity contribution >= 4 is 5.71 Å². The Morgan fingerprint density at radius 1 is 0.971 bits per heavy atom. The number of hydrogen-bond donors (Lipinski definition) is 2. The van der Waals surface area contributed by atoms with Crippen LogP contribution in [0.4, 0.5) is 0 Å². The molecule has 2 aromatic rings. The molecule has 2 aromatic carbocycles. The van der Waals surface area contributed by atoms with Crippen molar-refractivity contribution in [2.45, 2.75) is 45.1 Å². The van der Waals surface area contributed by atoms with Crippen LogP contribution in [0.5, 0.6) is 28.7 Å². The van der Waals surface area contributed by atoms with Crippen LogP contribution in [0.25, 0.3) is 0 Å². The molecule has 0 aromatic heterocycles. The summed E-state index contributed by atoms with van der Waals surface area (Å²) in [5, 5.41) is 21.5. The normalized spacial score (nSPS) is 23.5. The van der Waals surface area contributed by atoms with Crippen molar-refractivity contribution in [3.63, 3.8) is 0 Å². The molecule has 188 valence electrons. The van der Waals surface area contributed by atoms with Crippen LogP contribution in [0, 0.1) is 11.8 Å². The van der Waals surface area contributed by atoms with E-state index in [1.54, 1.807) is 21.3 Å². The van der Waals surface area contributed by atoms with Gasteiger partial charge in [-0.2, -0.15) is 0 Å². The van der Waals surface area contributed by atoms with Gasteiger partial charge in [-0.05, 0) is 66.8 Å². The zero-order valence-corrected chi connectivity index (χ0v) is 21.1. The lowest BCUT2D eigenvalue weighted by Gasteiger charge is -2.47. The van der Waals surface area contributed by atoms with Gasteiger partial charge in [0.2, 0.25) is 5.75 Å². The topological polar surface area (TPSA) is 83.8 Å². The van der Waals surface area contributed by atoms with Gasteiger partial charge in [0.15, 0.2) is 23.0 Å². The third-order valence-electron chi connectivity index (χ3n) is 8.25. The molecule has 1 fully saturated rings. The number of fused-ring (bicyclic) bond motifs is 4. The van der Waals surface area contributed by atoms with Crippen molar-refractivity contribution in [1.29, 1.82) is 0 Å². The van der Waals surface area contributed by atoms with Crippen LogP contribution in [0.1, 0.15) is 54.5 Å². The highest BCUT2D eigenvalue weighted by atomic mass is 16.5. The van der Waals surface area contributed by atoms with Gasteiger partial charge < -0.3 is 24.4 Å². The Bertz CT molecular complexity index is 1140. The number of methoxy groups -OCH3 is 3. The zero-order chi connectivity index (χ0) is 24.7. The van der Waals surface area contributed by atoms with Gasteiger partial charge in [-0.1, -0.05) is 13.3 Å². The number of phenolic OH excluding ortho intramolecular Hbond substituents is 2. The summed E-state index contributed by atoms with van der Waals surface area (Å²) < 4.78 is 16.4. The number of aromatic hydroxyl groups is 2. The minimum absolute atomic E-state index is 0.143. The van der Waals surface area contributed by atoms with Gasteiger partial charge in [0, 0.05) is 42.5 Å². The first-order valence-corrected chi connectivity index (χ1v) is 12.6. The lowest BCUT2D eigenvalue weighted by molar-refractivity contribution is 0.0531. The zero-order valence-electron chi connectivity index (χ0n) is 21.1. The third kappa shape index (κ3) is 4.10. The average molecular weight is 481 g/mol. The van der Waals surface area contributed by atoms with Crippen LogP contribution in [-0.4, -0.2) is 61.8 Å². The van der Waals surface area contributed by atoms with Gasteiger partial charge in [-0.15, -0.1) is 0 Å². The maximum absolute atomic E-state index is 11.2. The first-order valence-electron chi connectivity index (χ1n) is 12.6. The molecule has 5 rings (SSSR count). The Hall–Kier alpha value is -2.93. The summed E-state index contributed by atoms with van der Waals surface area (Å²) in [6.45, 7) is 5.01. The number of ether oxygens (including phenoxy) is 3. The van der Waals surface area contributed by atoms with Crippen molar-refractivity contribution < 1.29 is 24.4 Å². The number of aliphatic imine (C=N–C) groups is 1. The molecule has 3 aliphatic heterocycles. The van der Waals surface area contributed by atoms with Crippen LogP contribution in [-0.2, 0) is 12.8 Å². The molecule has 0 saturated carbocycles. The van der Waals surface area contributed by atoms with Crippen molar-refractivity contribution in [3.8, 4) is 28.7 Å². The molecule has 7 heteroatoms. The number of phenols is 2. The van der Waals surface area contributed by atoms with E-state index in [0.717, 1.165) is 79.7 Å². The highest BCUT2D eigenvalue weighted by Crippen LogP contribution is 2.51. The second-order valence-electron chi connectivity index (χ2n) is 9.92. The summed E-state index contributed by atoms with van der Waals surface area (Å²) in [5.74, 6) is 2.89. The molecule has 2 N–H and O–H groups in total. The maximum atomic E-state index is 11.2. The van der Waals surface area contributed by atoms with Gasteiger partial charge in [0.25, 0.3) is 0 Å². The molecule has 3 heterocycles. The lowest BCUT2D eigenvalue weighted by atomic mass is 9.73. The molecule has 1 saturated heterocycles. The molecule has 3 atom stereocenters. The molecular formula is C28H36N2O5. The van der Waals surface area contributed by atoms with Gasteiger partial charge in [-0.25, -0.2) is 0 Å². The van der Waals surface area contributed by atoms with Crippen molar-refractivity contribution in [2.75, 3.05) is 41.0 Å². The number of rotatable bonds is 6. The minimum Gasteiger partial charge on any atom is -0.504 e. The van der Waals surface area contributed by atoms with Crippen LogP contribution >= 0.6 is 0 Å². The minimum atomic E-state index is 0.143. The summed E-state index contributed by atoms with van der Waals surface area (Å²) in [6, 6.07) is 5.95. The number of piperidine rings is 1. The monoisotopic (exact) mass is 480 g/mol. The maximum Gasteiger partial charge on any atom is 0.203 e. The molecule has 3 aliphatic rings. The van der Waals surface area contributed by atoms with E-state index >= 15 is 0 Å². The molecule has 0 spiro atoms. The smallest absolute Gasteiger partial charge is 0.203 e. The number of hydrogen-bond acceptors (Lipinski definition) is 7. The molecule has 0 radical (unpaired) electrons. The van der Waals surface area contributed by atoms with Gasteiger partial charge in [-0.3, -0.25) is 9.89 Å². The molecular weight excluding hydrogens is 444 g/mol.